The van der Waals surface area contributed by atoms with Crippen molar-refractivity contribution in [3.05, 3.63) is 36.0 Å². The Labute approximate surface area is 120 Å². The molecule has 0 spiro atoms. The van der Waals surface area contributed by atoms with Crippen LogP contribution in [0.5, 0.6) is 0 Å². The molecule has 1 saturated heterocycles. The van der Waals surface area contributed by atoms with E-state index in [0.29, 0.717) is 42.5 Å². The lowest BCUT2D eigenvalue weighted by Crippen LogP contribution is -2.36. The standard InChI is InChI=1S/C15H14F2N2O2/c16-10-7-12-11(13(17)8-10)1-4-18-14(12)19-5-2-9(3-6-19)15(20)21/h1,4,7-9H,2-3,5-6H2,(H,20,21). The lowest BCUT2D eigenvalue weighted by atomic mass is 9.97. The number of benzene rings is 1. The molecule has 0 radical (unpaired) electrons. The highest BCUT2D eigenvalue weighted by Gasteiger charge is 2.26. The molecule has 1 aromatic carbocycles. The number of aliphatic carboxylic acids is 1. The second-order valence-electron chi connectivity index (χ2n) is 5.22. The number of piperidine rings is 1. The summed E-state index contributed by atoms with van der Waals surface area (Å²) in [4.78, 5) is 17.1. The summed E-state index contributed by atoms with van der Waals surface area (Å²) in [6.07, 6.45) is 2.50. The fourth-order valence-corrected chi connectivity index (χ4v) is 2.78. The smallest absolute Gasteiger partial charge is 0.306 e. The zero-order valence-electron chi connectivity index (χ0n) is 11.2. The van der Waals surface area contributed by atoms with Crippen LogP contribution in [-0.4, -0.2) is 29.1 Å². The number of fused-ring (bicyclic) bond motifs is 1. The molecule has 0 aliphatic carbocycles. The van der Waals surface area contributed by atoms with Crippen LogP contribution in [0, 0.1) is 17.6 Å². The summed E-state index contributed by atoms with van der Waals surface area (Å²) in [5.41, 5.74) is 0. The van der Waals surface area contributed by atoms with Gasteiger partial charge in [-0.15, -0.1) is 0 Å². The van der Waals surface area contributed by atoms with Gasteiger partial charge in [-0.25, -0.2) is 13.8 Å². The first-order valence-corrected chi connectivity index (χ1v) is 6.78. The molecule has 1 fully saturated rings. The molecular formula is C15H14F2N2O2. The van der Waals surface area contributed by atoms with Gasteiger partial charge in [0.05, 0.1) is 5.92 Å². The number of aromatic nitrogens is 1. The Balaban J connectivity index is 1.96. The van der Waals surface area contributed by atoms with Crippen molar-refractivity contribution >= 4 is 22.6 Å². The van der Waals surface area contributed by atoms with E-state index < -0.39 is 17.6 Å². The zero-order valence-corrected chi connectivity index (χ0v) is 11.2. The molecule has 21 heavy (non-hydrogen) atoms. The van der Waals surface area contributed by atoms with Gasteiger partial charge in [-0.3, -0.25) is 4.79 Å². The van der Waals surface area contributed by atoms with Crippen LogP contribution in [0.15, 0.2) is 24.4 Å². The topological polar surface area (TPSA) is 53.4 Å². The fraction of sp³-hybridized carbons (Fsp3) is 0.333. The Bertz CT molecular complexity index is 697. The molecule has 0 amide bonds. The van der Waals surface area contributed by atoms with Gasteiger partial charge in [0.2, 0.25) is 0 Å². The number of carboxylic acids is 1. The van der Waals surface area contributed by atoms with Crippen molar-refractivity contribution in [2.45, 2.75) is 12.8 Å². The summed E-state index contributed by atoms with van der Waals surface area (Å²) in [6.45, 7) is 1.03. The predicted molar refractivity (Wildman–Crippen MR) is 74.2 cm³/mol. The molecule has 1 N–H and O–H groups in total. The van der Waals surface area contributed by atoms with E-state index in [9.17, 15) is 13.6 Å². The number of rotatable bonds is 2. The van der Waals surface area contributed by atoms with Gasteiger partial charge < -0.3 is 10.0 Å². The summed E-state index contributed by atoms with van der Waals surface area (Å²) in [6, 6.07) is 3.63. The van der Waals surface area contributed by atoms with Crippen LogP contribution in [0.3, 0.4) is 0 Å². The van der Waals surface area contributed by atoms with Crippen LogP contribution in [0.4, 0.5) is 14.6 Å². The van der Waals surface area contributed by atoms with Gasteiger partial charge in [0.15, 0.2) is 0 Å². The lowest BCUT2D eigenvalue weighted by Gasteiger charge is -2.31. The molecule has 4 nitrogen and oxygen atoms in total. The van der Waals surface area contributed by atoms with E-state index >= 15 is 0 Å². The number of carboxylic acid groups (broad SMARTS) is 1. The van der Waals surface area contributed by atoms with E-state index in [2.05, 4.69) is 4.98 Å². The lowest BCUT2D eigenvalue weighted by molar-refractivity contribution is -0.142. The largest absolute Gasteiger partial charge is 0.481 e. The van der Waals surface area contributed by atoms with Crippen LogP contribution in [0.2, 0.25) is 0 Å². The van der Waals surface area contributed by atoms with Gasteiger partial charge in [0, 0.05) is 36.1 Å². The summed E-state index contributed by atoms with van der Waals surface area (Å²) in [5.74, 6) is -1.90. The molecule has 1 aromatic heterocycles. The average Bonchev–Trinajstić information content (AvgIpc) is 2.46. The summed E-state index contributed by atoms with van der Waals surface area (Å²) < 4.78 is 27.2. The molecule has 0 unspecified atom stereocenters. The molecule has 3 rings (SSSR count). The van der Waals surface area contributed by atoms with Crippen molar-refractivity contribution in [1.29, 1.82) is 0 Å². The number of hydrogen-bond donors (Lipinski definition) is 1. The zero-order chi connectivity index (χ0) is 15.0. The minimum absolute atomic E-state index is 0.321. The van der Waals surface area contributed by atoms with Crippen molar-refractivity contribution < 1.29 is 18.7 Å². The fourth-order valence-electron chi connectivity index (χ4n) is 2.78. The second-order valence-corrected chi connectivity index (χ2v) is 5.22. The van der Waals surface area contributed by atoms with E-state index in [1.165, 1.54) is 18.3 Å². The quantitative estimate of drug-likeness (QED) is 0.924. The third-order valence-corrected chi connectivity index (χ3v) is 3.92. The molecule has 1 aliphatic heterocycles. The maximum Gasteiger partial charge on any atom is 0.306 e. The van der Waals surface area contributed by atoms with Gasteiger partial charge in [-0.1, -0.05) is 0 Å². The number of hydrogen-bond acceptors (Lipinski definition) is 3. The molecule has 6 heteroatoms. The minimum Gasteiger partial charge on any atom is -0.481 e. The Morgan fingerprint density at radius 2 is 1.95 bits per heavy atom. The SMILES string of the molecule is O=C(O)C1CCN(c2nccc3c(F)cc(F)cc23)CC1. The Kier molecular flexibility index (Phi) is 3.45. The van der Waals surface area contributed by atoms with Crippen LogP contribution in [0.25, 0.3) is 10.8 Å². The first-order chi connectivity index (χ1) is 10.1. The molecule has 1 aliphatic rings. The predicted octanol–water partition coefficient (Wildman–Crippen LogP) is 2.81. The summed E-state index contributed by atoms with van der Waals surface area (Å²) in [7, 11) is 0. The van der Waals surface area contributed by atoms with Gasteiger partial charge in [0.1, 0.15) is 17.5 Å². The van der Waals surface area contributed by atoms with Crippen molar-refractivity contribution in [1.82, 2.24) is 4.98 Å². The van der Waals surface area contributed by atoms with Crippen molar-refractivity contribution in [2.75, 3.05) is 18.0 Å². The van der Waals surface area contributed by atoms with Crippen LogP contribution in [-0.2, 0) is 4.79 Å². The highest BCUT2D eigenvalue weighted by atomic mass is 19.1. The maximum atomic E-state index is 13.8. The summed E-state index contributed by atoms with van der Waals surface area (Å²) >= 11 is 0. The molecular weight excluding hydrogens is 278 g/mol. The molecule has 0 saturated carbocycles. The monoisotopic (exact) mass is 292 g/mol. The molecule has 2 aromatic rings. The number of halogens is 2. The Hall–Kier alpha value is -2.24. The molecule has 0 atom stereocenters. The third kappa shape index (κ3) is 2.53. The number of nitrogens with zero attached hydrogens (tertiary/aromatic N) is 2. The first kappa shape index (κ1) is 13.7. The van der Waals surface area contributed by atoms with E-state index in [4.69, 9.17) is 5.11 Å². The summed E-state index contributed by atoms with van der Waals surface area (Å²) in [5, 5.41) is 9.75. The number of anilines is 1. The normalized spacial score (nSPS) is 16.4. The highest BCUT2D eigenvalue weighted by molar-refractivity contribution is 5.92. The molecule has 2 heterocycles. The Morgan fingerprint density at radius 1 is 1.24 bits per heavy atom. The molecule has 0 bridgehead atoms. The van der Waals surface area contributed by atoms with Crippen molar-refractivity contribution in [3.8, 4) is 0 Å². The Morgan fingerprint density at radius 3 is 2.62 bits per heavy atom. The average molecular weight is 292 g/mol. The van der Waals surface area contributed by atoms with E-state index in [-0.39, 0.29) is 5.92 Å². The maximum absolute atomic E-state index is 13.8. The number of carbonyl (C=O) groups is 1. The van der Waals surface area contributed by atoms with E-state index in [1.54, 1.807) is 0 Å². The third-order valence-electron chi connectivity index (χ3n) is 3.92. The van der Waals surface area contributed by atoms with Crippen LogP contribution < -0.4 is 4.90 Å². The van der Waals surface area contributed by atoms with E-state index in [1.807, 2.05) is 4.90 Å². The highest BCUT2D eigenvalue weighted by Crippen LogP contribution is 2.30. The van der Waals surface area contributed by atoms with Crippen molar-refractivity contribution in [2.24, 2.45) is 5.92 Å². The van der Waals surface area contributed by atoms with Gasteiger partial charge in [-0.05, 0) is 25.0 Å². The van der Waals surface area contributed by atoms with Crippen molar-refractivity contribution in [3.63, 3.8) is 0 Å². The second kappa shape index (κ2) is 5.27. The van der Waals surface area contributed by atoms with E-state index in [0.717, 1.165) is 6.07 Å². The van der Waals surface area contributed by atoms with Gasteiger partial charge in [0.25, 0.3) is 0 Å². The number of pyridine rings is 1. The first-order valence-electron chi connectivity index (χ1n) is 6.78. The molecule has 110 valence electrons. The van der Waals surface area contributed by atoms with Crippen LogP contribution in [0.1, 0.15) is 12.8 Å². The van der Waals surface area contributed by atoms with Gasteiger partial charge in [-0.2, -0.15) is 0 Å². The van der Waals surface area contributed by atoms with Crippen LogP contribution >= 0.6 is 0 Å². The van der Waals surface area contributed by atoms with Gasteiger partial charge >= 0.3 is 5.97 Å². The minimum atomic E-state index is -0.794.